The first kappa shape index (κ1) is 22.8. The van der Waals surface area contributed by atoms with E-state index < -0.39 is 11.9 Å². The summed E-state index contributed by atoms with van der Waals surface area (Å²) in [5, 5.41) is 18.3. The van der Waals surface area contributed by atoms with E-state index in [-0.39, 0.29) is 37.7 Å². The van der Waals surface area contributed by atoms with Crippen molar-refractivity contribution in [3.05, 3.63) is 38.5 Å². The van der Waals surface area contributed by atoms with Crippen molar-refractivity contribution >= 4 is 49.7 Å². The molecule has 4 nitrogen and oxygen atoms in total. The molecule has 0 saturated carbocycles. The van der Waals surface area contributed by atoms with Gasteiger partial charge < -0.3 is 19.8 Å². The molecule has 0 saturated heterocycles. The standard InChI is InChI=1S/2C3H4O2.C2H4.Ca/c2*1-2-3(4)5;1-2;/h2*2H,1H2,(H,4,5);1-2H2;/q;;;+2/p-2. The largest absolute Gasteiger partial charge is 2.00 e. The van der Waals surface area contributed by atoms with Gasteiger partial charge in [0.2, 0.25) is 0 Å². The fourth-order valence-electron chi connectivity index (χ4n) is 0. The molecular weight excluding hydrogens is 200 g/mol. The van der Waals surface area contributed by atoms with E-state index in [0.717, 1.165) is 12.2 Å². The predicted octanol–water partition coefficient (Wildman–Crippen LogP) is -1.73. The van der Waals surface area contributed by atoms with Crippen LogP contribution in [0.2, 0.25) is 0 Å². The molecule has 0 unspecified atom stereocenters. The van der Waals surface area contributed by atoms with Crippen molar-refractivity contribution in [2.24, 2.45) is 0 Å². The van der Waals surface area contributed by atoms with Crippen molar-refractivity contribution in [1.82, 2.24) is 0 Å². The number of carboxylic acids is 2. The van der Waals surface area contributed by atoms with Gasteiger partial charge in [-0.1, -0.05) is 13.2 Å². The third kappa shape index (κ3) is 86.6. The first-order valence-corrected chi connectivity index (χ1v) is 2.71. The zero-order valence-corrected chi connectivity index (χ0v) is 9.53. The Hall–Kier alpha value is -0.580. The molecule has 0 aromatic rings. The van der Waals surface area contributed by atoms with Crippen molar-refractivity contribution in [2.75, 3.05) is 0 Å². The minimum Gasteiger partial charge on any atom is -0.545 e. The summed E-state index contributed by atoms with van der Waals surface area (Å²) in [5.74, 6) is -2.46. The Morgan fingerprint density at radius 3 is 1.00 bits per heavy atom. The summed E-state index contributed by atoms with van der Waals surface area (Å²) in [5.41, 5.74) is 0. The average Bonchev–Trinajstić information content (AvgIpc) is 2.09. The minimum atomic E-state index is -1.23. The normalized spacial score (nSPS) is 5.23. The Bertz CT molecular complexity index is 148. The molecule has 0 heterocycles. The zero-order chi connectivity index (χ0) is 10.6. The maximum absolute atomic E-state index is 9.14. The van der Waals surface area contributed by atoms with Crippen molar-refractivity contribution < 1.29 is 19.8 Å². The van der Waals surface area contributed by atoms with Gasteiger partial charge in [0.15, 0.2) is 0 Å². The number of hydrogen-bond acceptors (Lipinski definition) is 4. The third-order valence-electron chi connectivity index (χ3n) is 0.333. The van der Waals surface area contributed by atoms with Gasteiger partial charge in [-0.05, 0) is 12.2 Å². The van der Waals surface area contributed by atoms with Crippen molar-refractivity contribution in [1.29, 1.82) is 0 Å². The van der Waals surface area contributed by atoms with Crippen LogP contribution in [0, 0.1) is 0 Å². The maximum atomic E-state index is 9.14. The molecule has 0 fully saturated rings. The second kappa shape index (κ2) is 22.5. The number of carbonyl (C=O) groups excluding carboxylic acids is 2. The van der Waals surface area contributed by atoms with E-state index in [1.807, 2.05) is 0 Å². The molecular formula is C8H10CaO4. The van der Waals surface area contributed by atoms with E-state index in [1.54, 1.807) is 0 Å². The third-order valence-corrected chi connectivity index (χ3v) is 0.333. The van der Waals surface area contributed by atoms with E-state index in [0.29, 0.717) is 0 Å². The van der Waals surface area contributed by atoms with Crippen LogP contribution in [0.1, 0.15) is 0 Å². The van der Waals surface area contributed by atoms with E-state index in [4.69, 9.17) is 19.8 Å². The van der Waals surface area contributed by atoms with E-state index in [2.05, 4.69) is 26.3 Å². The molecule has 0 bridgehead atoms. The van der Waals surface area contributed by atoms with Gasteiger partial charge in [-0.15, -0.1) is 13.2 Å². The molecule has 0 amide bonds. The van der Waals surface area contributed by atoms with Crippen LogP contribution in [0.4, 0.5) is 0 Å². The number of carbonyl (C=O) groups is 2. The van der Waals surface area contributed by atoms with Crippen LogP contribution in [0.15, 0.2) is 38.5 Å². The van der Waals surface area contributed by atoms with Crippen LogP contribution >= 0.6 is 0 Å². The summed E-state index contributed by atoms with van der Waals surface area (Å²) < 4.78 is 0. The molecule has 13 heavy (non-hydrogen) atoms. The second-order valence-corrected chi connectivity index (χ2v) is 1.05. The Kier molecular flexibility index (Phi) is 39.6. The molecule has 0 aliphatic rings. The van der Waals surface area contributed by atoms with Crippen LogP contribution in [0.3, 0.4) is 0 Å². The first-order valence-electron chi connectivity index (χ1n) is 2.71. The van der Waals surface area contributed by atoms with Crippen LogP contribution < -0.4 is 10.2 Å². The van der Waals surface area contributed by atoms with Crippen LogP contribution in [-0.4, -0.2) is 49.7 Å². The molecule has 0 rings (SSSR count). The molecule has 0 radical (unpaired) electrons. The van der Waals surface area contributed by atoms with E-state index >= 15 is 0 Å². The molecule has 5 heteroatoms. The molecule has 0 N–H and O–H groups in total. The van der Waals surface area contributed by atoms with E-state index in [9.17, 15) is 0 Å². The van der Waals surface area contributed by atoms with Gasteiger partial charge in [0.25, 0.3) is 0 Å². The average molecular weight is 210 g/mol. The van der Waals surface area contributed by atoms with Gasteiger partial charge in [-0.3, -0.25) is 0 Å². The van der Waals surface area contributed by atoms with Gasteiger partial charge in [0.05, 0.1) is 11.9 Å². The zero-order valence-electron chi connectivity index (χ0n) is 7.32. The first-order chi connectivity index (χ1) is 5.54. The molecule has 0 spiro atoms. The van der Waals surface area contributed by atoms with Crippen LogP contribution in [0.5, 0.6) is 0 Å². The maximum Gasteiger partial charge on any atom is 2.00 e. The quantitative estimate of drug-likeness (QED) is 0.308. The number of hydrogen-bond donors (Lipinski definition) is 0. The van der Waals surface area contributed by atoms with Gasteiger partial charge in [-0.2, -0.15) is 0 Å². The van der Waals surface area contributed by atoms with Gasteiger partial charge >= 0.3 is 37.7 Å². The van der Waals surface area contributed by atoms with Crippen molar-refractivity contribution in [2.45, 2.75) is 0 Å². The van der Waals surface area contributed by atoms with Gasteiger partial charge in [0.1, 0.15) is 0 Å². The predicted molar refractivity (Wildman–Crippen MR) is 47.4 cm³/mol. The molecule has 68 valence electrons. The summed E-state index contributed by atoms with van der Waals surface area (Å²) in [6.07, 6.45) is 1.44. The number of aliphatic carboxylic acids is 2. The number of rotatable bonds is 2. The smallest absolute Gasteiger partial charge is 0.545 e. The summed E-state index contributed by atoms with van der Waals surface area (Å²) in [6, 6.07) is 0. The van der Waals surface area contributed by atoms with E-state index in [1.165, 1.54) is 0 Å². The van der Waals surface area contributed by atoms with Crippen LogP contribution in [0.25, 0.3) is 0 Å². The molecule has 0 aromatic carbocycles. The monoisotopic (exact) mass is 210 g/mol. The summed E-state index contributed by atoms with van der Waals surface area (Å²) in [4.78, 5) is 18.3. The summed E-state index contributed by atoms with van der Waals surface area (Å²) >= 11 is 0. The molecule has 0 atom stereocenters. The Morgan fingerprint density at radius 1 is 0.923 bits per heavy atom. The number of carboxylic acid groups (broad SMARTS) is 2. The molecule has 0 aromatic heterocycles. The molecule has 0 aliphatic heterocycles. The fraction of sp³-hybridized carbons (Fsp3) is 0. The van der Waals surface area contributed by atoms with Gasteiger partial charge in [0, 0.05) is 0 Å². The summed E-state index contributed by atoms with van der Waals surface area (Å²) in [7, 11) is 0. The molecule has 0 aliphatic carbocycles. The second-order valence-electron chi connectivity index (χ2n) is 1.05. The Balaban J connectivity index is -0.0000000491. The fourth-order valence-corrected chi connectivity index (χ4v) is 0. The SMILES string of the molecule is C=C.C=CC(=O)[O-].C=CC(=O)[O-].[Ca+2]. The summed E-state index contributed by atoms with van der Waals surface area (Å²) in [6.45, 7) is 11.8. The van der Waals surface area contributed by atoms with Crippen LogP contribution in [-0.2, 0) is 9.59 Å². The van der Waals surface area contributed by atoms with Gasteiger partial charge in [-0.25, -0.2) is 0 Å². The van der Waals surface area contributed by atoms with Crippen molar-refractivity contribution in [3.63, 3.8) is 0 Å². The van der Waals surface area contributed by atoms with Crippen molar-refractivity contribution in [3.8, 4) is 0 Å². The topological polar surface area (TPSA) is 80.3 Å². The Labute approximate surface area is 107 Å². The minimum absolute atomic E-state index is 0. The Morgan fingerprint density at radius 2 is 1.00 bits per heavy atom.